The van der Waals surface area contributed by atoms with Gasteiger partial charge in [0, 0.05) is 37.9 Å². The SMILES string of the molecule is C=CC(=O)N1CCCC(Nc2nc(Nc3ccc4c(c3)CCN(C3COC3)C4)ncc2F)C1.SI. The van der Waals surface area contributed by atoms with Crippen LogP contribution in [0.15, 0.2) is 37.1 Å². The first-order valence-corrected chi connectivity index (χ1v) is 14.9. The zero-order chi connectivity index (χ0) is 24.8. The Morgan fingerprint density at radius 2 is 2.11 bits per heavy atom. The van der Waals surface area contributed by atoms with Crippen molar-refractivity contribution in [1.29, 1.82) is 0 Å². The topological polar surface area (TPSA) is 82.6 Å². The maximum absolute atomic E-state index is 14.4. The number of piperidine rings is 1. The van der Waals surface area contributed by atoms with Crippen molar-refractivity contribution in [3.05, 3.63) is 54.0 Å². The van der Waals surface area contributed by atoms with Gasteiger partial charge in [0.15, 0.2) is 11.6 Å². The second-order valence-corrected chi connectivity index (χ2v) is 8.88. The van der Waals surface area contributed by atoms with E-state index in [2.05, 4.69) is 54.0 Å². The standard InChI is InChI=1S/C24H29FN6O2.HIS/c1-2-22(32)31-8-3-4-19(13-31)27-23-21(25)11-26-24(29-23)28-18-6-5-17-12-30(20-14-33-15-20)9-7-16(17)10-18;1-2/h2,5-6,10-11,19-20H,1,3-4,7-9,12-15H2,(H2,26,27,28,29);2H. The molecule has 5 rings (SSSR count). The second kappa shape index (κ2) is 12.3. The number of nitrogens with one attached hydrogen (secondary N) is 2. The van der Waals surface area contributed by atoms with Crippen LogP contribution < -0.4 is 10.6 Å². The van der Waals surface area contributed by atoms with Crippen LogP contribution in [0.4, 0.5) is 21.8 Å². The zero-order valence-corrected chi connectivity index (χ0v) is 22.5. The first-order valence-electron chi connectivity index (χ1n) is 11.7. The maximum atomic E-state index is 14.4. The van der Waals surface area contributed by atoms with Crippen molar-refractivity contribution in [2.45, 2.75) is 37.9 Å². The summed E-state index contributed by atoms with van der Waals surface area (Å²) in [4.78, 5) is 24.6. The van der Waals surface area contributed by atoms with Gasteiger partial charge in [0.1, 0.15) is 0 Å². The molecule has 3 aliphatic heterocycles. The number of rotatable bonds is 6. The van der Waals surface area contributed by atoms with Gasteiger partial charge in [-0.3, -0.25) is 9.69 Å². The third-order valence-corrected chi connectivity index (χ3v) is 6.63. The van der Waals surface area contributed by atoms with Gasteiger partial charge in [0.25, 0.3) is 0 Å². The summed E-state index contributed by atoms with van der Waals surface area (Å²) < 4.78 is 19.8. The number of hydrogen-bond donors (Lipinski definition) is 3. The van der Waals surface area contributed by atoms with E-state index in [-0.39, 0.29) is 17.8 Å². The fraction of sp³-hybridized carbons (Fsp3) is 0.458. The van der Waals surface area contributed by atoms with E-state index < -0.39 is 5.82 Å². The van der Waals surface area contributed by atoms with Gasteiger partial charge in [-0.1, -0.05) is 12.6 Å². The van der Waals surface area contributed by atoms with Gasteiger partial charge in [0.05, 0.1) is 25.5 Å². The summed E-state index contributed by atoms with van der Waals surface area (Å²) in [5.74, 6) is -0.152. The second-order valence-electron chi connectivity index (χ2n) is 8.88. The third-order valence-electron chi connectivity index (χ3n) is 6.63. The maximum Gasteiger partial charge on any atom is 0.246 e. The van der Waals surface area contributed by atoms with Gasteiger partial charge in [-0.15, -0.1) is 9.80 Å². The number of likely N-dealkylation sites (tertiary alicyclic amines) is 1. The van der Waals surface area contributed by atoms with Crippen molar-refractivity contribution < 1.29 is 13.9 Å². The lowest BCUT2D eigenvalue weighted by molar-refractivity contribution is -0.127. The number of fused-ring (bicyclic) bond motifs is 1. The van der Waals surface area contributed by atoms with Crippen LogP contribution in [-0.4, -0.2) is 70.6 Å². The molecule has 2 saturated heterocycles. The van der Waals surface area contributed by atoms with Gasteiger partial charge in [0.2, 0.25) is 11.9 Å². The minimum absolute atomic E-state index is 0.0762. The Hall–Kier alpha value is -1.96. The Balaban J connectivity index is 0.00000141. The van der Waals surface area contributed by atoms with Gasteiger partial charge < -0.3 is 20.3 Å². The highest BCUT2D eigenvalue weighted by Gasteiger charge is 2.29. The molecule has 0 bridgehead atoms. The predicted octanol–water partition coefficient (Wildman–Crippen LogP) is 3.97. The Morgan fingerprint density at radius 1 is 1.29 bits per heavy atom. The normalized spacial score (nSPS) is 20.1. The highest BCUT2D eigenvalue weighted by Crippen LogP contribution is 2.27. The quantitative estimate of drug-likeness (QED) is 0.259. The monoisotopic (exact) mass is 612 g/mol. The molecular weight excluding hydrogens is 582 g/mol. The van der Waals surface area contributed by atoms with E-state index in [1.807, 2.05) is 27.3 Å². The van der Waals surface area contributed by atoms with Gasteiger partial charge >= 0.3 is 0 Å². The number of carbonyl (C=O) groups is 1. The van der Waals surface area contributed by atoms with Crippen molar-refractivity contribution in [3.8, 4) is 0 Å². The molecule has 2 aromatic rings. The number of thiol groups is 1. The number of halogens is 2. The van der Waals surface area contributed by atoms with Gasteiger partial charge in [-0.25, -0.2) is 9.37 Å². The minimum atomic E-state index is -0.516. The smallest absolute Gasteiger partial charge is 0.246 e. The fourth-order valence-corrected chi connectivity index (χ4v) is 4.67. The Morgan fingerprint density at radius 3 is 2.86 bits per heavy atom. The van der Waals surface area contributed by atoms with Crippen molar-refractivity contribution >= 4 is 54.4 Å². The van der Waals surface area contributed by atoms with Crippen LogP contribution in [-0.2, 0) is 22.5 Å². The molecule has 1 atom stereocenters. The van der Waals surface area contributed by atoms with Crippen molar-refractivity contribution in [2.24, 2.45) is 0 Å². The molecule has 1 aromatic heterocycles. The molecule has 1 aromatic carbocycles. The van der Waals surface area contributed by atoms with E-state index >= 15 is 0 Å². The Labute approximate surface area is 222 Å². The summed E-state index contributed by atoms with van der Waals surface area (Å²) >= 11 is 1.84. The molecule has 35 heavy (non-hydrogen) atoms. The Kier molecular flexibility index (Phi) is 9.20. The number of ether oxygens (including phenoxy) is 1. The minimum Gasteiger partial charge on any atom is -0.378 e. The van der Waals surface area contributed by atoms with Crippen molar-refractivity contribution in [3.63, 3.8) is 0 Å². The molecule has 8 nitrogen and oxygen atoms in total. The van der Waals surface area contributed by atoms with Crippen LogP contribution in [0, 0.1) is 5.82 Å². The molecule has 0 aliphatic carbocycles. The summed E-state index contributed by atoms with van der Waals surface area (Å²) in [6, 6.07) is 6.75. The number of anilines is 3. The van der Waals surface area contributed by atoms with E-state index in [1.165, 1.54) is 23.4 Å². The molecule has 0 radical (unpaired) electrons. The molecular formula is C24H30FIN6O2S. The summed E-state index contributed by atoms with van der Waals surface area (Å²) in [5.41, 5.74) is 3.52. The van der Waals surface area contributed by atoms with Crippen LogP contribution in [0.5, 0.6) is 0 Å². The van der Waals surface area contributed by atoms with E-state index in [0.29, 0.717) is 25.1 Å². The summed E-state index contributed by atoms with van der Waals surface area (Å²) in [7, 11) is 3.50. The van der Waals surface area contributed by atoms with Gasteiger partial charge in [-0.05, 0) is 69.8 Å². The summed E-state index contributed by atoms with van der Waals surface area (Å²) in [5, 5.41) is 6.36. The van der Waals surface area contributed by atoms with Gasteiger partial charge in [-0.2, -0.15) is 4.98 Å². The van der Waals surface area contributed by atoms with E-state index in [0.717, 1.165) is 51.3 Å². The van der Waals surface area contributed by atoms with Crippen molar-refractivity contribution in [2.75, 3.05) is 43.5 Å². The molecule has 1 unspecified atom stereocenters. The molecule has 0 saturated carbocycles. The molecule has 1 amide bonds. The van der Waals surface area contributed by atoms with Crippen LogP contribution in [0.3, 0.4) is 0 Å². The third kappa shape index (κ3) is 6.43. The average molecular weight is 613 g/mol. The lowest BCUT2D eigenvalue weighted by Gasteiger charge is -2.40. The fourth-order valence-electron chi connectivity index (χ4n) is 4.67. The molecule has 3 aliphatic rings. The van der Waals surface area contributed by atoms with Crippen LogP contribution in [0.25, 0.3) is 0 Å². The Bertz CT molecular complexity index is 1060. The number of hydrogen-bond acceptors (Lipinski definition) is 8. The number of amides is 1. The highest BCUT2D eigenvalue weighted by molar-refractivity contribution is 14.2. The summed E-state index contributed by atoms with van der Waals surface area (Å²) in [6.45, 7) is 8.35. The van der Waals surface area contributed by atoms with Crippen molar-refractivity contribution in [1.82, 2.24) is 19.8 Å². The van der Waals surface area contributed by atoms with E-state index in [4.69, 9.17) is 4.74 Å². The van der Waals surface area contributed by atoms with Crippen LogP contribution in [0.2, 0.25) is 0 Å². The highest BCUT2D eigenvalue weighted by atomic mass is 127. The lowest BCUT2D eigenvalue weighted by atomic mass is 9.97. The first kappa shape index (κ1) is 26.1. The molecule has 11 heteroatoms. The molecule has 0 spiro atoms. The molecule has 188 valence electrons. The van der Waals surface area contributed by atoms with Crippen LogP contribution in [0.1, 0.15) is 24.0 Å². The average Bonchev–Trinajstić information content (AvgIpc) is 2.86. The molecule has 2 fully saturated rings. The van der Waals surface area contributed by atoms with Crippen LogP contribution >= 0.6 is 31.0 Å². The summed E-state index contributed by atoms with van der Waals surface area (Å²) in [6.07, 6.45) is 5.15. The number of aromatic nitrogens is 2. The first-order chi connectivity index (χ1) is 17.1. The lowest BCUT2D eigenvalue weighted by Crippen LogP contribution is -2.50. The number of benzene rings is 1. The zero-order valence-electron chi connectivity index (χ0n) is 19.4. The number of carbonyl (C=O) groups excluding carboxylic acids is 1. The largest absolute Gasteiger partial charge is 0.378 e. The number of nitrogens with zero attached hydrogens (tertiary/aromatic N) is 4. The molecule has 4 heterocycles. The van der Waals surface area contributed by atoms with E-state index in [1.54, 1.807) is 4.90 Å². The van der Waals surface area contributed by atoms with E-state index in [9.17, 15) is 9.18 Å². The predicted molar refractivity (Wildman–Crippen MR) is 147 cm³/mol. The molecule has 2 N–H and O–H groups in total.